The van der Waals surface area contributed by atoms with Crippen LogP contribution in [0.25, 0.3) is 0 Å². The van der Waals surface area contributed by atoms with Crippen LogP contribution in [-0.2, 0) is 14.3 Å². The van der Waals surface area contributed by atoms with Crippen molar-refractivity contribution in [2.45, 2.75) is 56.0 Å². The molecule has 0 saturated heterocycles. The lowest BCUT2D eigenvalue weighted by Gasteiger charge is -2.63. The molecule has 3 saturated carbocycles. The van der Waals surface area contributed by atoms with Crippen LogP contribution in [0.3, 0.4) is 0 Å². The molecule has 152 valence electrons. The third-order valence-electron chi connectivity index (χ3n) is 6.09. The Morgan fingerprint density at radius 1 is 1.18 bits per heavy atom. The topological polar surface area (TPSA) is 76.7 Å². The average Bonchev–Trinajstić information content (AvgIpc) is 2.62. The van der Waals surface area contributed by atoms with E-state index in [1.165, 1.54) is 0 Å². The summed E-state index contributed by atoms with van der Waals surface area (Å²) in [5, 5.41) is 6.66. The van der Waals surface area contributed by atoms with Gasteiger partial charge in [-0.1, -0.05) is 11.6 Å². The Labute approximate surface area is 168 Å². The van der Waals surface area contributed by atoms with E-state index in [2.05, 4.69) is 10.6 Å². The van der Waals surface area contributed by atoms with Crippen molar-refractivity contribution in [1.82, 2.24) is 10.6 Å². The van der Waals surface area contributed by atoms with Crippen LogP contribution in [0.4, 0.5) is 4.39 Å². The average molecular weight is 411 g/mol. The van der Waals surface area contributed by atoms with E-state index in [1.54, 1.807) is 24.3 Å². The maximum Gasteiger partial charge on any atom is 0.258 e. The fourth-order valence-electron chi connectivity index (χ4n) is 4.30. The molecule has 2 amide bonds. The number of carbonyl (C=O) groups is 2. The monoisotopic (exact) mass is 410 g/mol. The molecule has 0 aromatic heterocycles. The summed E-state index contributed by atoms with van der Waals surface area (Å²) in [6.45, 7) is -0.0905. The van der Waals surface area contributed by atoms with Crippen LogP contribution < -0.4 is 15.4 Å². The van der Waals surface area contributed by atoms with Gasteiger partial charge in [0, 0.05) is 35.4 Å². The summed E-state index contributed by atoms with van der Waals surface area (Å²) in [5.74, 6) is 0.491. The van der Waals surface area contributed by atoms with Gasteiger partial charge in [0.25, 0.3) is 5.91 Å². The number of rotatable bonds is 8. The highest BCUT2D eigenvalue weighted by Crippen LogP contribution is 2.53. The van der Waals surface area contributed by atoms with Gasteiger partial charge in [0.05, 0.1) is 6.10 Å². The van der Waals surface area contributed by atoms with Crippen molar-refractivity contribution in [2.75, 3.05) is 13.2 Å². The Balaban J connectivity index is 1.17. The van der Waals surface area contributed by atoms with Crippen molar-refractivity contribution >= 4 is 23.4 Å². The summed E-state index contributed by atoms with van der Waals surface area (Å²) in [6.07, 6.45) is 2.43. The van der Waals surface area contributed by atoms with E-state index in [4.69, 9.17) is 21.1 Å². The Bertz CT molecular complexity index is 740. The normalized spacial score (nSPS) is 32.8. The third kappa shape index (κ3) is 4.10. The summed E-state index contributed by atoms with van der Waals surface area (Å²) in [4.78, 5) is 24.3. The second-order valence-electron chi connectivity index (χ2n) is 7.97. The molecule has 3 fully saturated rings. The molecule has 0 radical (unpaired) electrons. The summed E-state index contributed by atoms with van der Waals surface area (Å²) >= 11 is 5.82. The first-order valence-electron chi connectivity index (χ1n) is 9.68. The van der Waals surface area contributed by atoms with Crippen molar-refractivity contribution < 1.29 is 23.5 Å². The number of ether oxygens (including phenoxy) is 2. The first-order valence-corrected chi connectivity index (χ1v) is 10.1. The molecule has 2 N–H and O–H groups in total. The first kappa shape index (κ1) is 19.5. The summed E-state index contributed by atoms with van der Waals surface area (Å²) < 4.78 is 23.6. The number of benzene rings is 1. The van der Waals surface area contributed by atoms with Crippen LogP contribution in [0.1, 0.15) is 32.1 Å². The van der Waals surface area contributed by atoms with Gasteiger partial charge in [-0.3, -0.25) is 9.59 Å². The van der Waals surface area contributed by atoms with E-state index in [0.29, 0.717) is 30.0 Å². The Hall–Kier alpha value is -1.86. The molecule has 0 spiro atoms. The molecule has 28 heavy (non-hydrogen) atoms. The molecule has 0 bridgehead atoms. The van der Waals surface area contributed by atoms with Crippen molar-refractivity contribution in [3.05, 3.63) is 29.3 Å². The van der Waals surface area contributed by atoms with E-state index >= 15 is 0 Å². The van der Waals surface area contributed by atoms with E-state index in [0.717, 1.165) is 12.8 Å². The summed E-state index contributed by atoms with van der Waals surface area (Å²) in [7, 11) is 0. The number of nitrogens with one attached hydrogen (secondary N) is 2. The van der Waals surface area contributed by atoms with Gasteiger partial charge >= 0.3 is 0 Å². The second-order valence-corrected chi connectivity index (χ2v) is 8.41. The second kappa shape index (κ2) is 7.87. The lowest BCUT2D eigenvalue weighted by molar-refractivity contribution is -0.142. The number of alkyl halides is 1. The molecule has 0 heterocycles. The molecule has 3 unspecified atom stereocenters. The minimum absolute atomic E-state index is 0.0328. The van der Waals surface area contributed by atoms with Gasteiger partial charge in [-0.2, -0.15) is 0 Å². The molecule has 6 nitrogen and oxygen atoms in total. The Morgan fingerprint density at radius 3 is 2.54 bits per heavy atom. The van der Waals surface area contributed by atoms with Crippen molar-refractivity contribution in [3.8, 4) is 5.75 Å². The van der Waals surface area contributed by atoms with E-state index in [-0.39, 0.29) is 48.6 Å². The quantitative estimate of drug-likeness (QED) is 0.690. The molecule has 3 aliphatic carbocycles. The van der Waals surface area contributed by atoms with Gasteiger partial charge in [-0.05, 0) is 43.5 Å². The molecular weight excluding hydrogens is 387 g/mol. The molecular formula is C20H24ClFN2O4. The van der Waals surface area contributed by atoms with Crippen molar-refractivity contribution in [2.24, 2.45) is 5.92 Å². The highest BCUT2D eigenvalue weighted by atomic mass is 35.5. The van der Waals surface area contributed by atoms with Gasteiger partial charge in [-0.25, -0.2) is 4.39 Å². The predicted octanol–water partition coefficient (Wildman–Crippen LogP) is 2.39. The lowest BCUT2D eigenvalue weighted by atomic mass is 9.50. The number of carbonyl (C=O) groups excluding carboxylic acids is 2. The zero-order valence-electron chi connectivity index (χ0n) is 15.5. The largest absolute Gasteiger partial charge is 0.484 e. The minimum atomic E-state index is -0.789. The van der Waals surface area contributed by atoms with Crippen molar-refractivity contribution in [3.63, 3.8) is 0 Å². The number of hydrogen-bond acceptors (Lipinski definition) is 4. The predicted molar refractivity (Wildman–Crippen MR) is 101 cm³/mol. The SMILES string of the molecule is O=C(COC1CC(F)C1)NC1CC2(NC(=O)COc3ccc(Cl)cc3)CCC12. The van der Waals surface area contributed by atoms with E-state index < -0.39 is 6.17 Å². The van der Waals surface area contributed by atoms with Crippen molar-refractivity contribution in [1.29, 1.82) is 0 Å². The molecule has 3 aliphatic rings. The summed E-state index contributed by atoms with van der Waals surface area (Å²) in [6, 6.07) is 6.90. The van der Waals surface area contributed by atoms with Crippen LogP contribution in [0.5, 0.6) is 5.75 Å². The number of hydrogen-bond donors (Lipinski definition) is 2. The fourth-order valence-corrected chi connectivity index (χ4v) is 4.43. The highest BCUT2D eigenvalue weighted by Gasteiger charge is 2.61. The minimum Gasteiger partial charge on any atom is -0.484 e. The van der Waals surface area contributed by atoms with Crippen LogP contribution in [0.15, 0.2) is 24.3 Å². The zero-order chi connectivity index (χ0) is 19.7. The van der Waals surface area contributed by atoms with Crippen LogP contribution in [0, 0.1) is 5.92 Å². The first-order chi connectivity index (χ1) is 13.4. The number of halogens is 2. The van der Waals surface area contributed by atoms with Crippen LogP contribution in [-0.4, -0.2) is 48.9 Å². The molecule has 0 aliphatic heterocycles. The third-order valence-corrected chi connectivity index (χ3v) is 6.34. The Kier molecular flexibility index (Phi) is 5.47. The number of fused-ring (bicyclic) bond motifs is 1. The Morgan fingerprint density at radius 2 is 1.93 bits per heavy atom. The maximum absolute atomic E-state index is 12.8. The standard InChI is InChI=1S/C20H24ClFN2O4/c21-12-1-3-14(4-2-12)27-11-19(26)24-20-6-5-16(20)17(9-20)23-18(25)10-28-15-7-13(22)8-15/h1-4,13,15-17H,5-11H2,(H,23,25)(H,24,26). The zero-order valence-corrected chi connectivity index (χ0v) is 16.2. The maximum atomic E-state index is 12.8. The van der Waals surface area contributed by atoms with Gasteiger partial charge in [0.1, 0.15) is 18.5 Å². The molecule has 1 aromatic rings. The smallest absolute Gasteiger partial charge is 0.258 e. The lowest BCUT2D eigenvalue weighted by Crippen LogP contribution is -2.76. The van der Waals surface area contributed by atoms with Gasteiger partial charge < -0.3 is 20.1 Å². The number of amides is 2. The summed E-state index contributed by atoms with van der Waals surface area (Å²) in [5.41, 5.74) is -0.228. The van der Waals surface area contributed by atoms with Gasteiger partial charge in [-0.15, -0.1) is 0 Å². The highest BCUT2D eigenvalue weighted by molar-refractivity contribution is 6.30. The van der Waals surface area contributed by atoms with E-state index in [9.17, 15) is 14.0 Å². The molecule has 1 aromatic carbocycles. The molecule has 3 atom stereocenters. The van der Waals surface area contributed by atoms with E-state index in [1.807, 2.05) is 0 Å². The van der Waals surface area contributed by atoms with Gasteiger partial charge in [0.15, 0.2) is 6.61 Å². The van der Waals surface area contributed by atoms with Crippen LogP contribution >= 0.6 is 11.6 Å². The van der Waals surface area contributed by atoms with Crippen LogP contribution in [0.2, 0.25) is 5.02 Å². The molecule has 8 heteroatoms. The fraction of sp³-hybridized carbons (Fsp3) is 0.600. The molecule has 4 rings (SSSR count). The van der Waals surface area contributed by atoms with Gasteiger partial charge in [0.2, 0.25) is 5.91 Å².